The van der Waals surface area contributed by atoms with Gasteiger partial charge in [0.15, 0.2) is 0 Å². The van der Waals surface area contributed by atoms with Gasteiger partial charge in [-0.3, -0.25) is 4.79 Å². The lowest BCUT2D eigenvalue weighted by Gasteiger charge is -2.30. The molecule has 1 saturated carbocycles. The maximum atomic E-state index is 12.8. The first-order valence-corrected chi connectivity index (χ1v) is 12.9. The Kier molecular flexibility index (Phi) is 7.28. The van der Waals surface area contributed by atoms with E-state index in [1.165, 1.54) is 0 Å². The first kappa shape index (κ1) is 22.7. The van der Waals surface area contributed by atoms with Crippen molar-refractivity contribution >= 4 is 15.9 Å². The van der Waals surface area contributed by atoms with E-state index in [9.17, 15) is 18.3 Å². The van der Waals surface area contributed by atoms with Crippen molar-refractivity contribution < 1.29 is 18.3 Å². The maximum absolute atomic E-state index is 12.8. The number of benzene rings is 1. The summed E-state index contributed by atoms with van der Waals surface area (Å²) in [5, 5.41) is 19.3. The van der Waals surface area contributed by atoms with Gasteiger partial charge in [0.25, 0.3) is 0 Å². The highest BCUT2D eigenvalue weighted by Crippen LogP contribution is 2.26. The monoisotopic (exact) mass is 450 g/mol. The molecule has 2 heterocycles. The normalized spacial score (nSPS) is 31.2. The Hall–Kier alpha value is -1.52. The fourth-order valence-corrected chi connectivity index (χ4v) is 6.49. The third-order valence-corrected chi connectivity index (χ3v) is 8.53. The van der Waals surface area contributed by atoms with E-state index in [1.807, 2.05) is 0 Å². The van der Waals surface area contributed by atoms with Crippen molar-refractivity contribution in [3.63, 3.8) is 0 Å². The van der Waals surface area contributed by atoms with Crippen LogP contribution in [-0.4, -0.2) is 57.3 Å². The van der Waals surface area contributed by atoms with Gasteiger partial charge in [0.05, 0.1) is 10.9 Å². The van der Waals surface area contributed by atoms with Crippen LogP contribution >= 0.6 is 0 Å². The molecule has 5 N–H and O–H groups in total. The summed E-state index contributed by atoms with van der Waals surface area (Å²) in [6, 6.07) is 6.68. The van der Waals surface area contributed by atoms with Crippen LogP contribution in [0.5, 0.6) is 0 Å². The first-order chi connectivity index (χ1) is 15.0. The zero-order valence-electron chi connectivity index (χ0n) is 17.8. The van der Waals surface area contributed by atoms with Crippen LogP contribution in [0, 0.1) is 11.8 Å². The maximum Gasteiger partial charge on any atom is 0.240 e. The fraction of sp³-hybridized carbons (Fsp3) is 0.682. The number of aliphatic hydroxyl groups excluding tert-OH is 1. The molecule has 1 amide bonds. The molecule has 172 valence electrons. The number of sulfonamides is 1. The zero-order valence-corrected chi connectivity index (χ0v) is 18.7. The summed E-state index contributed by atoms with van der Waals surface area (Å²) in [6.45, 7) is 2.33. The third-order valence-electron chi connectivity index (χ3n) is 7.03. The first-order valence-electron chi connectivity index (χ1n) is 11.4. The minimum atomic E-state index is -3.64. The molecule has 0 aromatic heterocycles. The van der Waals surface area contributed by atoms with Crippen molar-refractivity contribution in [1.29, 1.82) is 0 Å². The number of hydrogen-bond acceptors (Lipinski definition) is 6. The van der Waals surface area contributed by atoms with E-state index in [-0.39, 0.29) is 35.4 Å². The molecule has 0 bridgehead atoms. The van der Waals surface area contributed by atoms with E-state index < -0.39 is 10.0 Å². The third kappa shape index (κ3) is 5.46. The smallest absolute Gasteiger partial charge is 0.240 e. The Morgan fingerprint density at radius 1 is 1.13 bits per heavy atom. The highest BCUT2D eigenvalue weighted by Gasteiger charge is 2.38. The number of carbonyl (C=O) groups excluding carboxylic acids is 1. The molecule has 31 heavy (non-hydrogen) atoms. The van der Waals surface area contributed by atoms with E-state index in [0.717, 1.165) is 57.2 Å². The summed E-state index contributed by atoms with van der Waals surface area (Å²) in [6.07, 6.45) is 5.49. The van der Waals surface area contributed by atoms with E-state index in [0.29, 0.717) is 18.5 Å². The molecule has 9 heteroatoms. The van der Waals surface area contributed by atoms with Gasteiger partial charge in [-0.05, 0) is 68.3 Å². The van der Waals surface area contributed by atoms with Gasteiger partial charge in [-0.1, -0.05) is 25.0 Å². The van der Waals surface area contributed by atoms with Gasteiger partial charge in [0.2, 0.25) is 15.9 Å². The molecular formula is C22H34N4O4S. The van der Waals surface area contributed by atoms with Gasteiger partial charge in [-0.2, -0.15) is 0 Å². The summed E-state index contributed by atoms with van der Waals surface area (Å²) < 4.78 is 28.3. The molecule has 0 spiro atoms. The second-order valence-corrected chi connectivity index (χ2v) is 10.8. The van der Waals surface area contributed by atoms with Crippen molar-refractivity contribution in [1.82, 2.24) is 20.7 Å². The van der Waals surface area contributed by atoms with Crippen LogP contribution in [0.25, 0.3) is 0 Å². The van der Waals surface area contributed by atoms with Gasteiger partial charge in [-0.15, -0.1) is 0 Å². The second kappa shape index (κ2) is 9.95. The molecule has 2 aliphatic heterocycles. The van der Waals surface area contributed by atoms with E-state index in [2.05, 4.69) is 20.7 Å². The van der Waals surface area contributed by atoms with Crippen LogP contribution in [0.15, 0.2) is 29.2 Å². The number of nitrogens with one attached hydrogen (secondary N) is 4. The SMILES string of the molecule is O=C(NCc1ccc(S(=O)(=O)NC2CCCCC2CO)cc1)C1CC2CNCCC2N1. The number of carbonyl (C=O) groups is 1. The number of aliphatic hydroxyl groups is 1. The van der Waals surface area contributed by atoms with Crippen LogP contribution in [0.1, 0.15) is 44.1 Å². The average molecular weight is 451 g/mol. The zero-order chi connectivity index (χ0) is 21.8. The van der Waals surface area contributed by atoms with Crippen molar-refractivity contribution in [2.45, 2.75) is 68.1 Å². The average Bonchev–Trinajstić information content (AvgIpc) is 3.22. The van der Waals surface area contributed by atoms with Crippen LogP contribution in [0.4, 0.5) is 0 Å². The van der Waals surface area contributed by atoms with E-state index in [1.54, 1.807) is 24.3 Å². The molecule has 3 fully saturated rings. The molecule has 1 aromatic rings. The van der Waals surface area contributed by atoms with Crippen molar-refractivity contribution in [3.05, 3.63) is 29.8 Å². The molecule has 1 aromatic carbocycles. The summed E-state index contributed by atoms with van der Waals surface area (Å²) >= 11 is 0. The molecule has 1 aliphatic carbocycles. The Labute approximate surface area is 184 Å². The van der Waals surface area contributed by atoms with Crippen LogP contribution in [0.3, 0.4) is 0 Å². The highest BCUT2D eigenvalue weighted by molar-refractivity contribution is 7.89. The Balaban J connectivity index is 1.30. The molecule has 5 atom stereocenters. The number of amides is 1. The Morgan fingerprint density at radius 2 is 1.90 bits per heavy atom. The topological polar surface area (TPSA) is 120 Å². The Morgan fingerprint density at radius 3 is 2.65 bits per heavy atom. The van der Waals surface area contributed by atoms with Gasteiger partial charge in [0, 0.05) is 25.2 Å². The summed E-state index contributed by atoms with van der Waals surface area (Å²) in [5.41, 5.74) is 0.857. The molecular weight excluding hydrogens is 416 g/mol. The van der Waals surface area contributed by atoms with Crippen LogP contribution in [0.2, 0.25) is 0 Å². The van der Waals surface area contributed by atoms with Gasteiger partial charge in [0.1, 0.15) is 0 Å². The molecule has 3 aliphatic rings. The number of fused-ring (bicyclic) bond motifs is 1. The van der Waals surface area contributed by atoms with Crippen molar-refractivity contribution in [2.75, 3.05) is 19.7 Å². The molecule has 4 rings (SSSR count). The van der Waals surface area contributed by atoms with Crippen LogP contribution in [-0.2, 0) is 21.4 Å². The minimum absolute atomic E-state index is 0.000100. The molecule has 5 unspecified atom stereocenters. The van der Waals surface area contributed by atoms with Gasteiger partial charge >= 0.3 is 0 Å². The number of piperidine rings is 1. The number of rotatable bonds is 7. The fourth-order valence-electron chi connectivity index (χ4n) is 5.15. The summed E-state index contributed by atoms with van der Waals surface area (Å²) in [7, 11) is -3.64. The van der Waals surface area contributed by atoms with Crippen molar-refractivity contribution in [3.8, 4) is 0 Å². The molecule has 2 saturated heterocycles. The predicted molar refractivity (Wildman–Crippen MR) is 118 cm³/mol. The second-order valence-electron chi connectivity index (χ2n) is 9.13. The van der Waals surface area contributed by atoms with E-state index >= 15 is 0 Å². The standard InChI is InChI=1S/C22H34N4O4S/c27-14-16-3-1-2-4-20(16)26-31(29,30)18-7-5-15(6-8-18)12-24-22(28)21-11-17-13-23-10-9-19(17)25-21/h5-8,16-17,19-21,23,25-27H,1-4,9-14H2,(H,24,28). The lowest BCUT2D eigenvalue weighted by Crippen LogP contribution is -2.45. The lowest BCUT2D eigenvalue weighted by molar-refractivity contribution is -0.123. The highest BCUT2D eigenvalue weighted by atomic mass is 32.2. The van der Waals surface area contributed by atoms with Crippen LogP contribution < -0.4 is 20.7 Å². The van der Waals surface area contributed by atoms with Gasteiger partial charge in [-0.25, -0.2) is 13.1 Å². The predicted octanol–water partition coefficient (Wildman–Crippen LogP) is 0.472. The largest absolute Gasteiger partial charge is 0.396 e. The quantitative estimate of drug-likeness (QED) is 0.412. The lowest BCUT2D eigenvalue weighted by atomic mass is 9.86. The van der Waals surface area contributed by atoms with Crippen molar-refractivity contribution in [2.24, 2.45) is 11.8 Å². The minimum Gasteiger partial charge on any atom is -0.396 e. The summed E-state index contributed by atoms with van der Waals surface area (Å²) in [5.74, 6) is 0.484. The Bertz CT molecular complexity index is 847. The van der Waals surface area contributed by atoms with Gasteiger partial charge < -0.3 is 21.1 Å². The van der Waals surface area contributed by atoms with E-state index in [4.69, 9.17) is 0 Å². The molecule has 0 radical (unpaired) electrons. The summed E-state index contributed by atoms with van der Waals surface area (Å²) in [4.78, 5) is 12.8. The number of hydrogen-bond donors (Lipinski definition) is 5. The molecule has 8 nitrogen and oxygen atoms in total.